The van der Waals surface area contributed by atoms with Gasteiger partial charge >= 0.3 is 0 Å². The molecule has 0 saturated heterocycles. The molecule has 1 aromatic heterocycles. The second-order valence-electron chi connectivity index (χ2n) is 4.26. The van der Waals surface area contributed by atoms with Gasteiger partial charge in [-0.25, -0.2) is 0 Å². The van der Waals surface area contributed by atoms with Crippen LogP contribution in [0, 0.1) is 0 Å². The summed E-state index contributed by atoms with van der Waals surface area (Å²) in [5.41, 5.74) is 10.4. The van der Waals surface area contributed by atoms with Crippen LogP contribution in [0.2, 0.25) is 0 Å². The molecule has 0 radical (unpaired) electrons. The molecule has 0 aliphatic carbocycles. The third-order valence-electron chi connectivity index (χ3n) is 3.15. The Morgan fingerprint density at radius 3 is 2.41 bits per heavy atom. The minimum atomic E-state index is 0.823. The van der Waals surface area contributed by atoms with Crippen LogP contribution >= 0.6 is 0 Å². The number of hydrogen-bond donors (Lipinski definition) is 1. The first kappa shape index (κ1) is 9.97. The van der Waals surface area contributed by atoms with E-state index in [-0.39, 0.29) is 0 Å². The van der Waals surface area contributed by atoms with Crippen molar-refractivity contribution >= 4 is 16.6 Å². The summed E-state index contributed by atoms with van der Waals surface area (Å²) in [7, 11) is 2.06. The van der Waals surface area contributed by atoms with Gasteiger partial charge in [0.1, 0.15) is 0 Å². The number of aryl methyl sites for hydroxylation is 1. The lowest BCUT2D eigenvalue weighted by Crippen LogP contribution is -1.88. The van der Waals surface area contributed by atoms with E-state index in [0.717, 1.165) is 11.3 Å². The summed E-state index contributed by atoms with van der Waals surface area (Å²) in [5, 5.41) is 1.24. The zero-order valence-electron chi connectivity index (χ0n) is 9.72. The third-order valence-corrected chi connectivity index (χ3v) is 3.15. The van der Waals surface area contributed by atoms with Crippen molar-refractivity contribution in [2.75, 3.05) is 5.73 Å². The van der Waals surface area contributed by atoms with Crippen molar-refractivity contribution in [3.8, 4) is 11.1 Å². The lowest BCUT2D eigenvalue weighted by atomic mass is 10.0. The lowest BCUT2D eigenvalue weighted by Gasteiger charge is -2.03. The first-order valence-corrected chi connectivity index (χ1v) is 5.66. The molecule has 17 heavy (non-hydrogen) atoms. The second-order valence-corrected chi connectivity index (χ2v) is 4.26. The zero-order chi connectivity index (χ0) is 11.8. The van der Waals surface area contributed by atoms with E-state index in [1.54, 1.807) is 0 Å². The Kier molecular flexibility index (Phi) is 2.15. The van der Waals surface area contributed by atoms with Crippen LogP contribution in [0.5, 0.6) is 0 Å². The molecule has 0 atom stereocenters. The molecular weight excluding hydrogens is 208 g/mol. The Morgan fingerprint density at radius 2 is 1.59 bits per heavy atom. The number of anilines is 1. The van der Waals surface area contributed by atoms with Crippen LogP contribution in [0.25, 0.3) is 22.0 Å². The first-order valence-electron chi connectivity index (χ1n) is 5.66. The van der Waals surface area contributed by atoms with Crippen LogP contribution in [0.3, 0.4) is 0 Å². The number of para-hydroxylation sites is 2. The topological polar surface area (TPSA) is 30.9 Å². The SMILES string of the molecule is Cn1cc(-c2ccccc2N)c2ccccc21. The van der Waals surface area contributed by atoms with Crippen LogP contribution in [0.4, 0.5) is 5.69 Å². The Labute approximate surface area is 100 Å². The summed E-state index contributed by atoms with van der Waals surface area (Å²) >= 11 is 0. The molecule has 0 aliphatic heterocycles. The van der Waals surface area contributed by atoms with E-state index in [1.165, 1.54) is 16.5 Å². The predicted octanol–water partition coefficient (Wildman–Crippen LogP) is 3.43. The zero-order valence-corrected chi connectivity index (χ0v) is 9.72. The van der Waals surface area contributed by atoms with Crippen LogP contribution in [-0.2, 0) is 7.05 Å². The average Bonchev–Trinajstić information content (AvgIpc) is 2.68. The van der Waals surface area contributed by atoms with Crippen molar-refractivity contribution in [3.63, 3.8) is 0 Å². The molecule has 2 heteroatoms. The van der Waals surface area contributed by atoms with Crippen molar-refractivity contribution < 1.29 is 0 Å². The van der Waals surface area contributed by atoms with Crippen molar-refractivity contribution in [1.29, 1.82) is 0 Å². The van der Waals surface area contributed by atoms with Crippen molar-refractivity contribution in [3.05, 3.63) is 54.7 Å². The highest BCUT2D eigenvalue weighted by Crippen LogP contribution is 2.33. The Balaban J connectivity index is 2.35. The minimum absolute atomic E-state index is 0.823. The van der Waals surface area contributed by atoms with Crippen LogP contribution in [-0.4, -0.2) is 4.57 Å². The maximum atomic E-state index is 6.04. The van der Waals surface area contributed by atoms with E-state index in [9.17, 15) is 0 Å². The molecular formula is C15H14N2. The summed E-state index contributed by atoms with van der Waals surface area (Å²) in [6.07, 6.45) is 2.14. The Morgan fingerprint density at radius 1 is 0.882 bits per heavy atom. The molecule has 2 aromatic carbocycles. The van der Waals surface area contributed by atoms with Crippen LogP contribution in [0.1, 0.15) is 0 Å². The molecule has 2 N–H and O–H groups in total. The monoisotopic (exact) mass is 222 g/mol. The fraction of sp³-hybridized carbons (Fsp3) is 0.0667. The quantitative estimate of drug-likeness (QED) is 0.628. The van der Waals surface area contributed by atoms with Gasteiger partial charge in [0.25, 0.3) is 0 Å². The van der Waals surface area contributed by atoms with Gasteiger partial charge in [0, 0.05) is 41.0 Å². The van der Waals surface area contributed by atoms with Crippen LogP contribution in [0.15, 0.2) is 54.7 Å². The molecule has 0 bridgehead atoms. The molecule has 1 heterocycles. The fourth-order valence-electron chi connectivity index (χ4n) is 2.30. The summed E-state index contributed by atoms with van der Waals surface area (Å²) in [5.74, 6) is 0. The smallest absolute Gasteiger partial charge is 0.0484 e. The summed E-state index contributed by atoms with van der Waals surface area (Å²) < 4.78 is 2.14. The van der Waals surface area contributed by atoms with E-state index >= 15 is 0 Å². The van der Waals surface area contributed by atoms with Gasteiger partial charge in [0.15, 0.2) is 0 Å². The minimum Gasteiger partial charge on any atom is -0.398 e. The van der Waals surface area contributed by atoms with E-state index in [0.29, 0.717) is 0 Å². The lowest BCUT2D eigenvalue weighted by molar-refractivity contribution is 0.970. The molecule has 3 aromatic rings. The summed E-state index contributed by atoms with van der Waals surface area (Å²) in [6.45, 7) is 0. The van der Waals surface area contributed by atoms with Gasteiger partial charge in [-0.15, -0.1) is 0 Å². The number of hydrogen-bond acceptors (Lipinski definition) is 1. The molecule has 0 unspecified atom stereocenters. The maximum absolute atomic E-state index is 6.04. The fourth-order valence-corrected chi connectivity index (χ4v) is 2.30. The van der Waals surface area contributed by atoms with E-state index in [1.807, 2.05) is 18.2 Å². The third kappa shape index (κ3) is 1.49. The molecule has 84 valence electrons. The molecule has 3 rings (SSSR count). The number of aromatic nitrogens is 1. The summed E-state index contributed by atoms with van der Waals surface area (Å²) in [4.78, 5) is 0. The highest BCUT2D eigenvalue weighted by molar-refractivity contribution is 5.98. The van der Waals surface area contributed by atoms with Gasteiger partial charge in [0.2, 0.25) is 0 Å². The number of nitrogen functional groups attached to an aromatic ring is 1. The number of nitrogens with two attached hydrogens (primary N) is 1. The molecule has 0 fully saturated rings. The molecule has 0 saturated carbocycles. The largest absolute Gasteiger partial charge is 0.398 e. The van der Waals surface area contributed by atoms with Gasteiger partial charge in [-0.3, -0.25) is 0 Å². The van der Waals surface area contributed by atoms with Crippen molar-refractivity contribution in [1.82, 2.24) is 4.57 Å². The normalized spacial score (nSPS) is 10.9. The number of rotatable bonds is 1. The summed E-state index contributed by atoms with van der Waals surface area (Å²) in [6, 6.07) is 16.4. The van der Waals surface area contributed by atoms with Gasteiger partial charge in [0.05, 0.1) is 0 Å². The molecule has 2 nitrogen and oxygen atoms in total. The van der Waals surface area contributed by atoms with E-state index in [2.05, 4.69) is 48.1 Å². The molecule has 0 aliphatic rings. The standard InChI is InChI=1S/C15H14N2/c1-17-10-13(11-6-2-4-8-14(11)16)12-7-3-5-9-15(12)17/h2-10H,16H2,1H3. The predicted molar refractivity (Wildman–Crippen MR) is 72.8 cm³/mol. The highest BCUT2D eigenvalue weighted by Gasteiger charge is 2.09. The van der Waals surface area contributed by atoms with E-state index in [4.69, 9.17) is 5.73 Å². The van der Waals surface area contributed by atoms with Crippen molar-refractivity contribution in [2.45, 2.75) is 0 Å². The molecule has 0 spiro atoms. The van der Waals surface area contributed by atoms with Gasteiger partial charge in [-0.1, -0.05) is 36.4 Å². The highest BCUT2D eigenvalue weighted by atomic mass is 14.9. The second kappa shape index (κ2) is 3.67. The average molecular weight is 222 g/mol. The van der Waals surface area contributed by atoms with Gasteiger partial charge in [-0.2, -0.15) is 0 Å². The van der Waals surface area contributed by atoms with Crippen LogP contribution < -0.4 is 5.73 Å². The Bertz CT molecular complexity index is 680. The number of benzene rings is 2. The Hall–Kier alpha value is -2.22. The first-order chi connectivity index (χ1) is 8.27. The maximum Gasteiger partial charge on any atom is 0.0484 e. The number of fused-ring (bicyclic) bond motifs is 1. The van der Waals surface area contributed by atoms with Crippen molar-refractivity contribution in [2.24, 2.45) is 7.05 Å². The van der Waals surface area contributed by atoms with E-state index < -0.39 is 0 Å². The molecule has 0 amide bonds. The van der Waals surface area contributed by atoms with Gasteiger partial charge in [-0.05, 0) is 12.1 Å². The van der Waals surface area contributed by atoms with Gasteiger partial charge < -0.3 is 10.3 Å². The number of nitrogens with zero attached hydrogens (tertiary/aromatic N) is 1.